The molecule has 0 atom stereocenters. The molecule has 3 N–H and O–H groups in total. The summed E-state index contributed by atoms with van der Waals surface area (Å²) in [4.78, 5) is 0. The molecule has 0 spiro atoms. The van der Waals surface area contributed by atoms with Crippen LogP contribution in [0.4, 0.5) is 5.69 Å². The summed E-state index contributed by atoms with van der Waals surface area (Å²) >= 11 is 12.0. The number of nitrogens with two attached hydrogens (primary N) is 1. The third kappa shape index (κ3) is 5.47. The smallest absolute Gasteiger partial charge is 0.0693 e. The number of halogens is 2. The van der Waals surface area contributed by atoms with Crippen molar-refractivity contribution in [1.82, 2.24) is 5.32 Å². The Morgan fingerprint density at radius 3 is 2.33 bits per heavy atom. The number of nitrogens with one attached hydrogen (secondary N) is 1. The molecule has 2 nitrogen and oxygen atoms in total. The first-order valence-corrected chi connectivity index (χ1v) is 7.35. The van der Waals surface area contributed by atoms with Crippen molar-refractivity contribution in [1.29, 1.82) is 0 Å². The van der Waals surface area contributed by atoms with Gasteiger partial charge in [0.25, 0.3) is 0 Å². The van der Waals surface area contributed by atoms with Crippen LogP contribution >= 0.6 is 23.2 Å². The summed E-state index contributed by atoms with van der Waals surface area (Å²) in [6, 6.07) is 3.78. The second kappa shape index (κ2) is 8.63. The lowest BCUT2D eigenvalue weighted by atomic mass is 10.1. The summed E-state index contributed by atoms with van der Waals surface area (Å²) in [7, 11) is 0. The van der Waals surface area contributed by atoms with Crippen LogP contribution in [-0.2, 0) is 6.42 Å². The molecule has 1 rings (SSSR count). The number of hydrogen-bond acceptors (Lipinski definition) is 2. The number of benzene rings is 1. The minimum Gasteiger partial charge on any atom is -0.396 e. The quantitative estimate of drug-likeness (QED) is 0.553. The van der Waals surface area contributed by atoms with Crippen LogP contribution in [0.25, 0.3) is 0 Å². The molecular weight excluding hydrogens is 267 g/mol. The minimum absolute atomic E-state index is 0.467. The molecular formula is C14H22Cl2N2. The van der Waals surface area contributed by atoms with E-state index in [2.05, 4.69) is 12.2 Å². The van der Waals surface area contributed by atoms with E-state index in [1.54, 1.807) is 0 Å². The van der Waals surface area contributed by atoms with E-state index in [1.807, 2.05) is 12.1 Å². The van der Waals surface area contributed by atoms with Crippen LogP contribution in [0.2, 0.25) is 10.0 Å². The molecule has 4 heteroatoms. The highest BCUT2D eigenvalue weighted by atomic mass is 35.5. The van der Waals surface area contributed by atoms with Gasteiger partial charge in [-0.25, -0.2) is 0 Å². The van der Waals surface area contributed by atoms with Crippen LogP contribution in [-0.4, -0.2) is 13.1 Å². The lowest BCUT2D eigenvalue weighted by Crippen LogP contribution is -2.18. The van der Waals surface area contributed by atoms with Crippen LogP contribution in [0.15, 0.2) is 12.1 Å². The summed E-state index contributed by atoms with van der Waals surface area (Å²) in [6.07, 6.45) is 6.08. The highest BCUT2D eigenvalue weighted by molar-refractivity contribution is 6.38. The van der Waals surface area contributed by atoms with Crippen molar-refractivity contribution in [2.24, 2.45) is 0 Å². The average molecular weight is 289 g/mol. The van der Waals surface area contributed by atoms with Gasteiger partial charge < -0.3 is 11.1 Å². The van der Waals surface area contributed by atoms with Gasteiger partial charge in [-0.1, -0.05) is 49.4 Å². The summed E-state index contributed by atoms with van der Waals surface area (Å²) < 4.78 is 0. The van der Waals surface area contributed by atoms with Crippen LogP contribution in [0.1, 0.15) is 38.2 Å². The molecule has 0 aliphatic rings. The second-order valence-electron chi connectivity index (χ2n) is 4.53. The fourth-order valence-corrected chi connectivity index (χ4v) is 2.35. The number of rotatable bonds is 8. The van der Waals surface area contributed by atoms with Crippen LogP contribution < -0.4 is 11.1 Å². The van der Waals surface area contributed by atoms with Gasteiger partial charge in [0.15, 0.2) is 0 Å². The number of anilines is 1. The molecule has 0 heterocycles. The topological polar surface area (TPSA) is 38.0 Å². The molecule has 0 aliphatic heterocycles. The first kappa shape index (κ1) is 15.6. The number of nitrogen functional groups attached to an aromatic ring is 1. The molecule has 0 saturated heterocycles. The van der Waals surface area contributed by atoms with Gasteiger partial charge in [-0.05, 0) is 43.6 Å². The van der Waals surface area contributed by atoms with Crippen molar-refractivity contribution < 1.29 is 0 Å². The molecule has 102 valence electrons. The molecule has 0 amide bonds. The normalized spacial score (nSPS) is 10.8. The van der Waals surface area contributed by atoms with Crippen LogP contribution in [0.3, 0.4) is 0 Å². The Labute approximate surface area is 120 Å². The Hall–Kier alpha value is -0.440. The second-order valence-corrected chi connectivity index (χ2v) is 5.35. The van der Waals surface area contributed by atoms with E-state index in [0.29, 0.717) is 15.7 Å². The van der Waals surface area contributed by atoms with E-state index in [9.17, 15) is 0 Å². The van der Waals surface area contributed by atoms with Gasteiger partial charge in [0.2, 0.25) is 0 Å². The van der Waals surface area contributed by atoms with E-state index in [4.69, 9.17) is 28.9 Å². The van der Waals surface area contributed by atoms with Crippen molar-refractivity contribution in [3.63, 3.8) is 0 Å². The van der Waals surface area contributed by atoms with Gasteiger partial charge >= 0.3 is 0 Å². The SMILES string of the molecule is CCCCCCNCCc1cc(Cl)c(N)c(Cl)c1. The van der Waals surface area contributed by atoms with Crippen molar-refractivity contribution in [3.05, 3.63) is 27.7 Å². The standard InChI is InChI=1S/C14H22Cl2N2/c1-2-3-4-5-7-18-8-6-11-9-12(15)14(17)13(16)10-11/h9-10,18H,2-8,17H2,1H3. The first-order valence-electron chi connectivity index (χ1n) is 6.59. The van der Waals surface area contributed by atoms with Crippen LogP contribution in [0, 0.1) is 0 Å². The molecule has 0 unspecified atom stereocenters. The Balaban J connectivity index is 2.23. The van der Waals surface area contributed by atoms with Crippen molar-refractivity contribution in [2.75, 3.05) is 18.8 Å². The fraction of sp³-hybridized carbons (Fsp3) is 0.571. The lowest BCUT2D eigenvalue weighted by molar-refractivity contribution is 0.599. The molecule has 0 radical (unpaired) electrons. The summed E-state index contributed by atoms with van der Waals surface area (Å²) in [5.41, 5.74) is 7.29. The predicted octanol–water partition coefficient (Wildman–Crippen LogP) is 4.29. The van der Waals surface area contributed by atoms with E-state index in [-0.39, 0.29) is 0 Å². The number of unbranched alkanes of at least 4 members (excludes halogenated alkanes) is 3. The zero-order valence-electron chi connectivity index (χ0n) is 10.9. The van der Waals surface area contributed by atoms with E-state index in [1.165, 1.54) is 25.7 Å². The van der Waals surface area contributed by atoms with Gasteiger partial charge in [0.05, 0.1) is 15.7 Å². The first-order chi connectivity index (χ1) is 8.65. The van der Waals surface area contributed by atoms with Gasteiger partial charge in [-0.2, -0.15) is 0 Å². The predicted molar refractivity (Wildman–Crippen MR) is 81.6 cm³/mol. The zero-order chi connectivity index (χ0) is 13.4. The largest absolute Gasteiger partial charge is 0.396 e. The lowest BCUT2D eigenvalue weighted by Gasteiger charge is -2.07. The maximum Gasteiger partial charge on any atom is 0.0693 e. The van der Waals surface area contributed by atoms with Gasteiger partial charge in [-0.15, -0.1) is 0 Å². The van der Waals surface area contributed by atoms with Gasteiger partial charge in [0, 0.05) is 0 Å². The van der Waals surface area contributed by atoms with Crippen LogP contribution in [0.5, 0.6) is 0 Å². The van der Waals surface area contributed by atoms with Crippen molar-refractivity contribution in [2.45, 2.75) is 39.0 Å². The van der Waals surface area contributed by atoms with Crippen molar-refractivity contribution >= 4 is 28.9 Å². The Morgan fingerprint density at radius 2 is 1.72 bits per heavy atom. The van der Waals surface area contributed by atoms with Gasteiger partial charge in [-0.3, -0.25) is 0 Å². The third-order valence-corrected chi connectivity index (χ3v) is 3.56. The monoisotopic (exact) mass is 288 g/mol. The van der Waals surface area contributed by atoms with E-state index in [0.717, 1.165) is 25.1 Å². The highest BCUT2D eigenvalue weighted by Crippen LogP contribution is 2.28. The molecule has 0 aromatic heterocycles. The maximum atomic E-state index is 5.99. The molecule has 0 saturated carbocycles. The summed E-state index contributed by atoms with van der Waals surface area (Å²) in [5, 5.41) is 4.51. The minimum atomic E-state index is 0.467. The Kier molecular flexibility index (Phi) is 7.48. The molecule has 1 aromatic rings. The summed E-state index contributed by atoms with van der Waals surface area (Å²) in [5.74, 6) is 0. The molecule has 1 aromatic carbocycles. The average Bonchev–Trinajstić information content (AvgIpc) is 2.34. The van der Waals surface area contributed by atoms with E-state index < -0.39 is 0 Å². The maximum absolute atomic E-state index is 5.99. The molecule has 18 heavy (non-hydrogen) atoms. The molecule has 0 bridgehead atoms. The Bertz CT molecular complexity index is 344. The molecule has 0 aliphatic carbocycles. The van der Waals surface area contributed by atoms with E-state index >= 15 is 0 Å². The summed E-state index contributed by atoms with van der Waals surface area (Å²) in [6.45, 7) is 4.25. The van der Waals surface area contributed by atoms with Crippen molar-refractivity contribution in [3.8, 4) is 0 Å². The zero-order valence-corrected chi connectivity index (χ0v) is 12.4. The third-order valence-electron chi connectivity index (χ3n) is 2.94. The van der Waals surface area contributed by atoms with Gasteiger partial charge in [0.1, 0.15) is 0 Å². The number of hydrogen-bond donors (Lipinski definition) is 2. The molecule has 0 fully saturated rings. The highest BCUT2D eigenvalue weighted by Gasteiger charge is 2.04. The Morgan fingerprint density at radius 1 is 1.06 bits per heavy atom. The fourth-order valence-electron chi connectivity index (χ4n) is 1.82.